The summed E-state index contributed by atoms with van der Waals surface area (Å²) < 4.78 is 5.27. The molecule has 0 aromatic carbocycles. The number of nitrogens with zero attached hydrogens (tertiary/aromatic N) is 1. The van der Waals surface area contributed by atoms with Crippen LogP contribution in [0.15, 0.2) is 0 Å². The van der Waals surface area contributed by atoms with E-state index in [9.17, 15) is 4.79 Å². The van der Waals surface area contributed by atoms with Crippen molar-refractivity contribution in [2.75, 3.05) is 19.8 Å². The lowest BCUT2D eigenvalue weighted by molar-refractivity contribution is -0.00172. The maximum absolute atomic E-state index is 11.0. The van der Waals surface area contributed by atoms with Crippen LogP contribution in [0.3, 0.4) is 0 Å². The zero-order valence-corrected chi connectivity index (χ0v) is 7.62. The van der Waals surface area contributed by atoms with E-state index in [0.29, 0.717) is 25.7 Å². The second-order valence-corrected chi connectivity index (χ2v) is 3.42. The van der Waals surface area contributed by atoms with E-state index in [1.807, 2.05) is 0 Å². The highest BCUT2D eigenvalue weighted by Gasteiger charge is 2.27. The van der Waals surface area contributed by atoms with Crippen molar-refractivity contribution in [2.24, 2.45) is 11.7 Å². The molecule has 0 aromatic heterocycles. The molecule has 1 unspecified atom stereocenters. The predicted octanol–water partition coefficient (Wildman–Crippen LogP) is 0.422. The van der Waals surface area contributed by atoms with E-state index in [1.165, 1.54) is 0 Å². The summed E-state index contributed by atoms with van der Waals surface area (Å²) in [5.74, 6) is 0.401. The van der Waals surface area contributed by atoms with Crippen molar-refractivity contribution in [3.05, 3.63) is 0 Å². The highest BCUT2D eigenvalue weighted by Crippen LogP contribution is 2.14. The Labute approximate surface area is 72.7 Å². The number of ether oxygens (including phenoxy) is 1. The lowest BCUT2D eigenvalue weighted by atomic mass is 10.0. The number of hydrogen-bond donors (Lipinski definition) is 1. The minimum Gasteiger partial charge on any atom is -0.377 e. The van der Waals surface area contributed by atoms with Gasteiger partial charge in [-0.2, -0.15) is 0 Å². The molecule has 0 spiro atoms. The Bertz CT molecular complexity index is 170. The summed E-state index contributed by atoms with van der Waals surface area (Å²) in [5, 5.41) is 0. The minimum absolute atomic E-state index is 0.149. The van der Waals surface area contributed by atoms with Crippen LogP contribution >= 0.6 is 0 Å². The molecular formula is C8H16N2O2. The molecule has 4 heteroatoms. The molecule has 0 bridgehead atoms. The molecule has 1 fully saturated rings. The Morgan fingerprint density at radius 3 is 2.75 bits per heavy atom. The summed E-state index contributed by atoms with van der Waals surface area (Å²) in [4.78, 5) is 12.7. The van der Waals surface area contributed by atoms with Gasteiger partial charge in [0.1, 0.15) is 0 Å². The van der Waals surface area contributed by atoms with Gasteiger partial charge in [0, 0.05) is 6.54 Å². The van der Waals surface area contributed by atoms with E-state index in [-0.39, 0.29) is 12.1 Å². The van der Waals surface area contributed by atoms with Crippen LogP contribution in [0.1, 0.15) is 13.8 Å². The molecule has 4 nitrogen and oxygen atoms in total. The first-order chi connectivity index (χ1) is 5.63. The van der Waals surface area contributed by atoms with Crippen LogP contribution in [0.25, 0.3) is 0 Å². The Morgan fingerprint density at radius 2 is 2.33 bits per heavy atom. The summed E-state index contributed by atoms with van der Waals surface area (Å²) in [5.41, 5.74) is 5.23. The zero-order chi connectivity index (χ0) is 9.14. The molecule has 1 aliphatic heterocycles. The van der Waals surface area contributed by atoms with Gasteiger partial charge in [-0.3, -0.25) is 0 Å². The van der Waals surface area contributed by atoms with Gasteiger partial charge in [-0.1, -0.05) is 13.8 Å². The van der Waals surface area contributed by atoms with Gasteiger partial charge in [-0.25, -0.2) is 4.79 Å². The van der Waals surface area contributed by atoms with Crippen molar-refractivity contribution in [1.29, 1.82) is 0 Å². The van der Waals surface area contributed by atoms with E-state index in [0.717, 1.165) is 0 Å². The van der Waals surface area contributed by atoms with E-state index >= 15 is 0 Å². The van der Waals surface area contributed by atoms with E-state index < -0.39 is 0 Å². The number of amides is 2. The molecular weight excluding hydrogens is 156 g/mol. The molecule has 0 radical (unpaired) electrons. The molecule has 12 heavy (non-hydrogen) atoms. The molecule has 2 N–H and O–H groups in total. The monoisotopic (exact) mass is 172 g/mol. The molecule has 1 saturated heterocycles. The van der Waals surface area contributed by atoms with Gasteiger partial charge in [0.15, 0.2) is 0 Å². The quantitative estimate of drug-likeness (QED) is 0.623. The standard InChI is InChI=1S/C8H16N2O2/c1-6(2)7-5-12-4-3-10(7)8(9)11/h6-7H,3-5H2,1-2H3,(H2,9,11). The van der Waals surface area contributed by atoms with Crippen molar-refractivity contribution in [3.8, 4) is 0 Å². The second-order valence-electron chi connectivity index (χ2n) is 3.42. The van der Waals surface area contributed by atoms with Crippen molar-refractivity contribution in [3.63, 3.8) is 0 Å². The smallest absolute Gasteiger partial charge is 0.315 e. The lowest BCUT2D eigenvalue weighted by Gasteiger charge is -2.36. The maximum Gasteiger partial charge on any atom is 0.315 e. The number of hydrogen-bond acceptors (Lipinski definition) is 2. The number of nitrogens with two attached hydrogens (primary N) is 1. The third-order valence-electron chi connectivity index (χ3n) is 2.22. The van der Waals surface area contributed by atoms with Crippen LogP contribution in [0.5, 0.6) is 0 Å². The van der Waals surface area contributed by atoms with Gasteiger partial charge >= 0.3 is 6.03 Å². The van der Waals surface area contributed by atoms with E-state index in [1.54, 1.807) is 4.90 Å². The SMILES string of the molecule is CC(C)C1COCCN1C(N)=O. The Balaban J connectivity index is 2.60. The fraction of sp³-hybridized carbons (Fsp3) is 0.875. The van der Waals surface area contributed by atoms with Gasteiger partial charge < -0.3 is 15.4 Å². The number of urea groups is 1. The van der Waals surface area contributed by atoms with Gasteiger partial charge in [-0.15, -0.1) is 0 Å². The maximum atomic E-state index is 11.0. The van der Waals surface area contributed by atoms with Crippen LogP contribution in [-0.2, 0) is 4.74 Å². The summed E-state index contributed by atoms with van der Waals surface area (Å²) >= 11 is 0. The number of rotatable bonds is 1. The fourth-order valence-electron chi connectivity index (χ4n) is 1.45. The molecule has 0 aromatic rings. The molecule has 1 rings (SSSR count). The third kappa shape index (κ3) is 1.88. The van der Waals surface area contributed by atoms with E-state index in [2.05, 4.69) is 13.8 Å². The largest absolute Gasteiger partial charge is 0.377 e. The molecule has 70 valence electrons. The molecule has 1 aliphatic rings. The average molecular weight is 172 g/mol. The van der Waals surface area contributed by atoms with E-state index in [4.69, 9.17) is 10.5 Å². The van der Waals surface area contributed by atoms with Crippen molar-refractivity contribution < 1.29 is 9.53 Å². The topological polar surface area (TPSA) is 55.6 Å². The zero-order valence-electron chi connectivity index (χ0n) is 7.62. The predicted molar refractivity (Wildman–Crippen MR) is 45.7 cm³/mol. The lowest BCUT2D eigenvalue weighted by Crippen LogP contribution is -2.53. The van der Waals surface area contributed by atoms with Crippen molar-refractivity contribution >= 4 is 6.03 Å². The Morgan fingerprint density at radius 1 is 1.67 bits per heavy atom. The number of primary amides is 1. The molecule has 1 atom stereocenters. The van der Waals surface area contributed by atoms with Crippen LogP contribution in [0.4, 0.5) is 4.79 Å². The normalized spacial score (nSPS) is 24.6. The van der Waals surface area contributed by atoms with Crippen molar-refractivity contribution in [1.82, 2.24) is 4.90 Å². The van der Waals surface area contributed by atoms with Crippen LogP contribution < -0.4 is 5.73 Å². The summed E-state index contributed by atoms with van der Waals surface area (Å²) in [6, 6.07) is -0.187. The van der Waals surface area contributed by atoms with Crippen molar-refractivity contribution in [2.45, 2.75) is 19.9 Å². The average Bonchev–Trinajstić information content (AvgIpc) is 2.04. The summed E-state index contributed by atoms with van der Waals surface area (Å²) in [6.07, 6.45) is 0. The first kappa shape index (κ1) is 9.32. The van der Waals surface area contributed by atoms with Crippen LogP contribution in [0, 0.1) is 5.92 Å². The summed E-state index contributed by atoms with van der Waals surface area (Å²) in [7, 11) is 0. The number of carbonyl (C=O) groups excluding carboxylic acids is 1. The van der Waals surface area contributed by atoms with Gasteiger partial charge in [0.25, 0.3) is 0 Å². The Hall–Kier alpha value is -0.770. The molecule has 2 amide bonds. The number of morpholine rings is 1. The molecule has 0 saturated carbocycles. The number of carbonyl (C=O) groups is 1. The Kier molecular flexibility index (Phi) is 2.92. The van der Waals surface area contributed by atoms with Gasteiger partial charge in [0.05, 0.1) is 19.3 Å². The van der Waals surface area contributed by atoms with Gasteiger partial charge in [0.2, 0.25) is 0 Å². The first-order valence-electron chi connectivity index (χ1n) is 4.26. The third-order valence-corrected chi connectivity index (χ3v) is 2.22. The molecule has 1 heterocycles. The second kappa shape index (κ2) is 3.76. The fourth-order valence-corrected chi connectivity index (χ4v) is 1.45. The first-order valence-corrected chi connectivity index (χ1v) is 4.26. The summed E-state index contributed by atoms with van der Waals surface area (Å²) in [6.45, 7) is 5.97. The van der Waals surface area contributed by atoms with Gasteiger partial charge in [-0.05, 0) is 5.92 Å². The highest BCUT2D eigenvalue weighted by molar-refractivity contribution is 5.72. The highest BCUT2D eigenvalue weighted by atomic mass is 16.5. The molecule has 0 aliphatic carbocycles. The van der Waals surface area contributed by atoms with Crippen LogP contribution in [0.2, 0.25) is 0 Å². The minimum atomic E-state index is -0.336. The van der Waals surface area contributed by atoms with Crippen LogP contribution in [-0.4, -0.2) is 36.7 Å².